The third kappa shape index (κ3) is 5.11. The van der Waals surface area contributed by atoms with Crippen LogP contribution >= 0.6 is 0 Å². The highest BCUT2D eigenvalue weighted by Gasteiger charge is 2.34. The SMILES string of the molecule is CCOC(=O)c1cnn(-c2ccccc2)c1NC(=O)CCn1nc(C(F)(F)F)cc1C. The number of aryl methyl sites for hydroxylation is 2. The van der Waals surface area contributed by atoms with Gasteiger partial charge in [0.25, 0.3) is 0 Å². The van der Waals surface area contributed by atoms with E-state index in [1.54, 1.807) is 37.3 Å². The van der Waals surface area contributed by atoms with Crippen molar-refractivity contribution in [2.45, 2.75) is 33.0 Å². The Kier molecular flexibility index (Phi) is 6.42. The van der Waals surface area contributed by atoms with Crippen LogP contribution < -0.4 is 5.32 Å². The summed E-state index contributed by atoms with van der Waals surface area (Å²) in [6, 6.07) is 9.74. The van der Waals surface area contributed by atoms with Gasteiger partial charge in [0.05, 0.1) is 18.5 Å². The minimum atomic E-state index is -4.56. The molecule has 1 amide bonds. The summed E-state index contributed by atoms with van der Waals surface area (Å²) in [7, 11) is 0. The number of nitrogens with zero attached hydrogens (tertiary/aromatic N) is 4. The molecule has 3 aromatic rings. The molecule has 2 heterocycles. The van der Waals surface area contributed by atoms with Crippen molar-refractivity contribution in [1.82, 2.24) is 19.6 Å². The fourth-order valence-corrected chi connectivity index (χ4v) is 2.87. The predicted molar refractivity (Wildman–Crippen MR) is 105 cm³/mol. The van der Waals surface area contributed by atoms with E-state index in [4.69, 9.17) is 4.74 Å². The smallest absolute Gasteiger partial charge is 0.435 e. The summed E-state index contributed by atoms with van der Waals surface area (Å²) in [4.78, 5) is 24.8. The fourth-order valence-electron chi connectivity index (χ4n) is 2.87. The van der Waals surface area contributed by atoms with E-state index in [0.29, 0.717) is 5.69 Å². The van der Waals surface area contributed by atoms with E-state index in [-0.39, 0.29) is 36.6 Å². The number of ether oxygens (including phenoxy) is 1. The third-order valence-corrected chi connectivity index (χ3v) is 4.35. The van der Waals surface area contributed by atoms with Crippen molar-refractivity contribution in [3.8, 4) is 5.69 Å². The number of anilines is 1. The van der Waals surface area contributed by atoms with Gasteiger partial charge in [-0.3, -0.25) is 9.48 Å². The van der Waals surface area contributed by atoms with E-state index in [1.807, 2.05) is 0 Å². The molecular formula is C20H20F3N5O3. The largest absolute Gasteiger partial charge is 0.462 e. The quantitative estimate of drug-likeness (QED) is 0.573. The zero-order valence-electron chi connectivity index (χ0n) is 16.8. The number of carbonyl (C=O) groups is 2. The molecule has 1 N–H and O–H groups in total. The van der Waals surface area contributed by atoms with Crippen molar-refractivity contribution in [3.63, 3.8) is 0 Å². The normalized spacial score (nSPS) is 11.4. The summed E-state index contributed by atoms with van der Waals surface area (Å²) in [5.41, 5.74) is -0.0707. The Balaban J connectivity index is 1.79. The van der Waals surface area contributed by atoms with Gasteiger partial charge in [-0.15, -0.1) is 0 Å². The predicted octanol–water partition coefficient (Wildman–Crippen LogP) is 3.60. The summed E-state index contributed by atoms with van der Waals surface area (Å²) in [5, 5.41) is 10.3. The molecule has 11 heteroatoms. The van der Waals surface area contributed by atoms with Crippen LogP contribution in [0.25, 0.3) is 5.69 Å². The molecule has 0 saturated heterocycles. The number of hydrogen-bond acceptors (Lipinski definition) is 5. The van der Waals surface area contributed by atoms with Crippen LogP contribution in [0.1, 0.15) is 35.1 Å². The molecule has 0 saturated carbocycles. The summed E-state index contributed by atoms with van der Waals surface area (Å²) in [6.07, 6.45) is -3.44. The van der Waals surface area contributed by atoms with Crippen LogP contribution in [0.4, 0.5) is 19.0 Å². The molecule has 1 aromatic carbocycles. The van der Waals surface area contributed by atoms with Crippen LogP contribution in [-0.2, 0) is 22.3 Å². The number of halogens is 3. The number of aromatic nitrogens is 4. The number of esters is 1. The van der Waals surface area contributed by atoms with Gasteiger partial charge in [0.15, 0.2) is 11.5 Å². The van der Waals surface area contributed by atoms with Crippen molar-refractivity contribution in [1.29, 1.82) is 0 Å². The molecule has 0 bridgehead atoms. The molecule has 164 valence electrons. The maximum atomic E-state index is 12.8. The summed E-state index contributed by atoms with van der Waals surface area (Å²) in [5.74, 6) is -1.06. The van der Waals surface area contributed by atoms with Crippen LogP contribution in [0.5, 0.6) is 0 Å². The highest BCUT2D eigenvalue weighted by molar-refractivity contribution is 6.00. The van der Waals surface area contributed by atoms with E-state index in [9.17, 15) is 22.8 Å². The van der Waals surface area contributed by atoms with Crippen LogP contribution in [0.3, 0.4) is 0 Å². The Morgan fingerprint density at radius 1 is 1.19 bits per heavy atom. The first-order valence-corrected chi connectivity index (χ1v) is 9.42. The van der Waals surface area contributed by atoms with E-state index in [2.05, 4.69) is 15.5 Å². The molecule has 0 aliphatic rings. The number of rotatable bonds is 7. The molecule has 0 aliphatic carbocycles. The number of carbonyl (C=O) groups excluding carboxylic acids is 2. The van der Waals surface area contributed by atoms with Gasteiger partial charge in [-0.25, -0.2) is 9.48 Å². The van der Waals surface area contributed by atoms with Crippen LogP contribution in [0.15, 0.2) is 42.6 Å². The molecule has 0 aliphatic heterocycles. The minimum Gasteiger partial charge on any atom is -0.462 e. The number of amides is 1. The van der Waals surface area contributed by atoms with Crippen LogP contribution in [-0.4, -0.2) is 38.0 Å². The average Bonchev–Trinajstić information content (AvgIpc) is 3.30. The maximum absolute atomic E-state index is 12.8. The van der Waals surface area contributed by atoms with E-state index in [0.717, 1.165) is 10.7 Å². The summed E-state index contributed by atoms with van der Waals surface area (Å²) in [6.45, 7) is 3.20. The molecule has 0 radical (unpaired) electrons. The lowest BCUT2D eigenvalue weighted by Gasteiger charge is -2.11. The zero-order valence-corrected chi connectivity index (χ0v) is 16.8. The highest BCUT2D eigenvalue weighted by atomic mass is 19.4. The monoisotopic (exact) mass is 435 g/mol. The minimum absolute atomic E-state index is 0.0636. The van der Waals surface area contributed by atoms with E-state index >= 15 is 0 Å². The molecule has 0 fully saturated rings. The molecule has 2 aromatic heterocycles. The topological polar surface area (TPSA) is 91.0 Å². The van der Waals surface area contributed by atoms with Crippen molar-refractivity contribution in [2.75, 3.05) is 11.9 Å². The molecule has 0 atom stereocenters. The Morgan fingerprint density at radius 2 is 1.90 bits per heavy atom. The number of benzene rings is 1. The lowest BCUT2D eigenvalue weighted by Crippen LogP contribution is -2.20. The zero-order chi connectivity index (χ0) is 22.6. The highest BCUT2D eigenvalue weighted by Crippen LogP contribution is 2.28. The van der Waals surface area contributed by atoms with Crippen LogP contribution in [0, 0.1) is 6.92 Å². The van der Waals surface area contributed by atoms with Gasteiger partial charge in [-0.05, 0) is 32.0 Å². The van der Waals surface area contributed by atoms with Gasteiger partial charge in [-0.1, -0.05) is 18.2 Å². The second-order valence-electron chi connectivity index (χ2n) is 6.56. The average molecular weight is 435 g/mol. The number of alkyl halides is 3. The van der Waals surface area contributed by atoms with Crippen molar-refractivity contribution >= 4 is 17.7 Å². The fraction of sp³-hybridized carbons (Fsp3) is 0.300. The first-order chi connectivity index (χ1) is 14.7. The van der Waals surface area contributed by atoms with Crippen LogP contribution in [0.2, 0.25) is 0 Å². The first kappa shape index (κ1) is 22.1. The number of hydrogen-bond donors (Lipinski definition) is 1. The van der Waals surface area contributed by atoms with Crippen molar-refractivity contribution in [2.24, 2.45) is 0 Å². The van der Waals surface area contributed by atoms with Gasteiger partial charge >= 0.3 is 12.1 Å². The molecule has 3 rings (SSSR count). The first-order valence-electron chi connectivity index (χ1n) is 9.42. The van der Waals surface area contributed by atoms with E-state index < -0.39 is 23.7 Å². The van der Waals surface area contributed by atoms with Crippen molar-refractivity contribution < 1.29 is 27.5 Å². The third-order valence-electron chi connectivity index (χ3n) is 4.35. The standard InChI is InChI=1S/C20H20F3N5O3/c1-3-31-19(30)15-12-24-28(14-7-5-4-6-8-14)18(15)25-17(29)9-10-27-13(2)11-16(26-27)20(21,22)23/h4-8,11-12H,3,9-10H2,1-2H3,(H,25,29). The number of para-hydroxylation sites is 1. The summed E-state index contributed by atoms with van der Waals surface area (Å²) >= 11 is 0. The van der Waals surface area contributed by atoms with Gasteiger partial charge in [0, 0.05) is 18.7 Å². The molecule has 8 nitrogen and oxygen atoms in total. The Labute approximate surface area is 175 Å². The second-order valence-corrected chi connectivity index (χ2v) is 6.56. The van der Waals surface area contributed by atoms with E-state index in [1.165, 1.54) is 17.8 Å². The van der Waals surface area contributed by atoms with Gasteiger partial charge in [0.2, 0.25) is 5.91 Å². The van der Waals surface area contributed by atoms with Gasteiger partial charge < -0.3 is 10.1 Å². The lowest BCUT2D eigenvalue weighted by atomic mass is 10.3. The lowest BCUT2D eigenvalue weighted by molar-refractivity contribution is -0.141. The van der Waals surface area contributed by atoms with Gasteiger partial charge in [0.1, 0.15) is 5.56 Å². The molecule has 0 unspecified atom stereocenters. The molecular weight excluding hydrogens is 415 g/mol. The summed E-state index contributed by atoms with van der Waals surface area (Å²) < 4.78 is 45.9. The number of nitrogens with one attached hydrogen (secondary N) is 1. The Bertz CT molecular complexity index is 1070. The molecule has 0 spiro atoms. The van der Waals surface area contributed by atoms with Crippen molar-refractivity contribution in [3.05, 3.63) is 59.5 Å². The Hall–Kier alpha value is -3.63. The molecule has 31 heavy (non-hydrogen) atoms. The van der Waals surface area contributed by atoms with Gasteiger partial charge in [-0.2, -0.15) is 23.4 Å². The Morgan fingerprint density at radius 3 is 2.52 bits per heavy atom. The maximum Gasteiger partial charge on any atom is 0.435 e. The second kappa shape index (κ2) is 9.02.